The molecule has 1 saturated heterocycles. The zero-order valence-electron chi connectivity index (χ0n) is 21.2. The Hall–Kier alpha value is -4.09. The van der Waals surface area contributed by atoms with Gasteiger partial charge >= 0.3 is 5.91 Å². The summed E-state index contributed by atoms with van der Waals surface area (Å²) in [5.74, 6) is -1.89. The second-order valence-corrected chi connectivity index (χ2v) is 11.0. The smallest absolute Gasteiger partial charge is 0.301 e. The molecular weight excluding hydrogens is 556 g/mol. The number of Topliss-reactive ketones (excluding diaryl/α,β-unsaturated/α-hetero) is 1. The number of halogens is 2. The van der Waals surface area contributed by atoms with Crippen LogP contribution in [0.25, 0.3) is 5.76 Å². The van der Waals surface area contributed by atoms with Crippen LogP contribution in [0, 0.1) is 11.6 Å². The van der Waals surface area contributed by atoms with E-state index in [-0.39, 0.29) is 22.1 Å². The molecule has 5 rings (SSSR count). The summed E-state index contributed by atoms with van der Waals surface area (Å²) >= 11 is 2.48. The number of carbonyl (C=O) groups excluding carboxylic acids is 2. The molecule has 204 valence electrons. The van der Waals surface area contributed by atoms with E-state index in [0.29, 0.717) is 28.0 Å². The summed E-state index contributed by atoms with van der Waals surface area (Å²) in [7, 11) is 0. The fraction of sp³-hybridized carbons (Fsp3) is 0.172. The van der Waals surface area contributed by atoms with Crippen molar-refractivity contribution >= 4 is 45.7 Å². The van der Waals surface area contributed by atoms with Crippen LogP contribution in [0.5, 0.6) is 5.75 Å². The van der Waals surface area contributed by atoms with Crippen LogP contribution in [0.1, 0.15) is 36.1 Å². The van der Waals surface area contributed by atoms with Crippen LogP contribution in [0.3, 0.4) is 0 Å². The highest BCUT2D eigenvalue weighted by Gasteiger charge is 2.48. The fourth-order valence-electron chi connectivity index (χ4n) is 4.16. The number of amides is 1. The summed E-state index contributed by atoms with van der Waals surface area (Å²) in [5, 5.41) is 19.7. The average Bonchev–Trinajstić information content (AvgIpc) is 3.54. The van der Waals surface area contributed by atoms with Gasteiger partial charge in [0.05, 0.1) is 18.2 Å². The lowest BCUT2D eigenvalue weighted by molar-refractivity contribution is -0.132. The first-order chi connectivity index (χ1) is 19.4. The maximum atomic E-state index is 13.5. The van der Waals surface area contributed by atoms with Crippen LogP contribution in [-0.2, 0) is 15.3 Å². The third-order valence-corrected chi connectivity index (χ3v) is 8.24. The van der Waals surface area contributed by atoms with Gasteiger partial charge < -0.3 is 9.84 Å². The summed E-state index contributed by atoms with van der Waals surface area (Å²) in [6.07, 6.45) is 0.831. The van der Waals surface area contributed by atoms with Crippen molar-refractivity contribution in [1.82, 2.24) is 10.2 Å². The summed E-state index contributed by atoms with van der Waals surface area (Å²) in [5.41, 5.74) is 1.48. The largest absolute Gasteiger partial charge is 0.507 e. The van der Waals surface area contributed by atoms with Gasteiger partial charge in [0.1, 0.15) is 23.1 Å². The molecule has 0 bridgehead atoms. The van der Waals surface area contributed by atoms with Crippen molar-refractivity contribution in [2.45, 2.75) is 29.5 Å². The molecule has 1 unspecified atom stereocenters. The molecule has 11 heteroatoms. The monoisotopic (exact) mass is 579 g/mol. The van der Waals surface area contributed by atoms with Gasteiger partial charge in [-0.05, 0) is 66.1 Å². The normalized spacial score (nSPS) is 16.5. The van der Waals surface area contributed by atoms with Gasteiger partial charge in [0.25, 0.3) is 5.78 Å². The topological polar surface area (TPSA) is 92.6 Å². The first-order valence-corrected chi connectivity index (χ1v) is 14.2. The fourth-order valence-corrected chi connectivity index (χ4v) is 5.98. The summed E-state index contributed by atoms with van der Waals surface area (Å²) in [4.78, 5) is 27.9. The molecule has 1 fully saturated rings. The third-order valence-electron chi connectivity index (χ3n) is 6.11. The van der Waals surface area contributed by atoms with E-state index in [9.17, 15) is 23.5 Å². The van der Waals surface area contributed by atoms with Crippen molar-refractivity contribution in [3.8, 4) is 5.75 Å². The van der Waals surface area contributed by atoms with Gasteiger partial charge in [0.2, 0.25) is 5.13 Å². The molecule has 3 aromatic carbocycles. The second-order valence-electron chi connectivity index (χ2n) is 8.86. The first kappa shape index (κ1) is 27.5. The van der Waals surface area contributed by atoms with Crippen LogP contribution in [0.15, 0.2) is 82.7 Å². The van der Waals surface area contributed by atoms with Crippen molar-refractivity contribution in [1.29, 1.82) is 0 Å². The molecule has 1 amide bonds. The molecular formula is C29H23F2N3O4S2. The lowest BCUT2D eigenvalue weighted by Gasteiger charge is -2.22. The zero-order chi connectivity index (χ0) is 28.2. The molecule has 1 atom stereocenters. The van der Waals surface area contributed by atoms with Crippen molar-refractivity contribution in [2.75, 3.05) is 11.5 Å². The van der Waals surface area contributed by atoms with E-state index >= 15 is 0 Å². The Kier molecular flexibility index (Phi) is 8.22. The number of anilines is 1. The molecule has 0 aliphatic carbocycles. The van der Waals surface area contributed by atoms with Crippen molar-refractivity contribution < 1.29 is 28.2 Å². The minimum absolute atomic E-state index is 0.144. The predicted molar refractivity (Wildman–Crippen MR) is 149 cm³/mol. The Bertz CT molecular complexity index is 1560. The van der Waals surface area contributed by atoms with Crippen LogP contribution in [0.2, 0.25) is 0 Å². The van der Waals surface area contributed by atoms with Gasteiger partial charge in [0.15, 0.2) is 4.34 Å². The molecule has 7 nitrogen and oxygen atoms in total. The molecule has 0 saturated carbocycles. The van der Waals surface area contributed by atoms with Crippen molar-refractivity contribution in [3.05, 3.63) is 107 Å². The first-order valence-electron chi connectivity index (χ1n) is 12.4. The molecule has 1 aliphatic heterocycles. The SMILES string of the molecule is CCCOc1ccc(C2/C(=C(/O)c3ccc(F)cc3)C(=O)C(=O)N2c2nnc(SCc3ccc(F)cc3)s2)cc1. The number of rotatable bonds is 9. The molecule has 2 heterocycles. The van der Waals surface area contributed by atoms with E-state index in [1.807, 2.05) is 6.92 Å². The number of hydrogen-bond donors (Lipinski definition) is 1. The molecule has 0 spiro atoms. The number of aliphatic hydroxyl groups is 1. The molecule has 1 N–H and O–H groups in total. The minimum atomic E-state index is -1.01. The van der Waals surface area contributed by atoms with Gasteiger partial charge in [-0.2, -0.15) is 0 Å². The molecule has 0 radical (unpaired) electrons. The number of ether oxygens (including phenoxy) is 1. The number of benzene rings is 3. The standard InChI is InChI=1S/C29H23F2N3O4S2/c1-2-15-38-22-13-7-18(8-14-22)24-23(25(35)19-5-11-21(31)12-6-19)26(36)27(37)34(24)28-32-33-29(40-28)39-16-17-3-9-20(30)10-4-17/h3-14,24,35H,2,15-16H2,1H3/b25-23-. The van der Waals surface area contributed by atoms with Crippen LogP contribution >= 0.6 is 23.1 Å². The van der Waals surface area contributed by atoms with Crippen molar-refractivity contribution in [2.24, 2.45) is 0 Å². The number of carbonyl (C=O) groups is 2. The number of thioether (sulfide) groups is 1. The quantitative estimate of drug-likeness (QED) is 0.0793. The van der Waals surface area contributed by atoms with Gasteiger partial charge in [0, 0.05) is 11.3 Å². The Morgan fingerprint density at radius 1 is 0.975 bits per heavy atom. The number of nitrogens with zero attached hydrogens (tertiary/aromatic N) is 3. The lowest BCUT2D eigenvalue weighted by Crippen LogP contribution is -2.29. The Labute approximate surface area is 237 Å². The van der Waals surface area contributed by atoms with E-state index in [1.165, 1.54) is 40.9 Å². The van der Waals surface area contributed by atoms with E-state index in [2.05, 4.69) is 10.2 Å². The number of aliphatic hydroxyl groups excluding tert-OH is 1. The average molecular weight is 580 g/mol. The highest BCUT2D eigenvalue weighted by molar-refractivity contribution is 8.00. The Morgan fingerprint density at radius 3 is 2.27 bits per heavy atom. The van der Waals surface area contributed by atoms with E-state index in [4.69, 9.17) is 4.74 Å². The molecule has 1 aliphatic rings. The van der Waals surface area contributed by atoms with Crippen LogP contribution in [-0.4, -0.2) is 33.6 Å². The number of ketones is 1. The number of aromatic nitrogens is 2. The second kappa shape index (κ2) is 12.0. The Morgan fingerprint density at radius 2 is 1.62 bits per heavy atom. The van der Waals surface area contributed by atoms with E-state index < -0.39 is 29.3 Å². The highest BCUT2D eigenvalue weighted by atomic mass is 32.2. The summed E-state index contributed by atoms with van der Waals surface area (Å²) in [6, 6.07) is 17.0. The van der Waals surface area contributed by atoms with Crippen molar-refractivity contribution in [3.63, 3.8) is 0 Å². The molecule has 1 aromatic heterocycles. The molecule has 40 heavy (non-hydrogen) atoms. The Balaban J connectivity index is 1.51. The number of hydrogen-bond acceptors (Lipinski definition) is 8. The van der Waals surface area contributed by atoms with Gasteiger partial charge in [-0.25, -0.2) is 8.78 Å². The van der Waals surface area contributed by atoms with Gasteiger partial charge in [-0.1, -0.05) is 54.3 Å². The minimum Gasteiger partial charge on any atom is -0.507 e. The maximum Gasteiger partial charge on any atom is 0.301 e. The van der Waals surface area contributed by atoms with Crippen LogP contribution < -0.4 is 9.64 Å². The van der Waals surface area contributed by atoms with Crippen LogP contribution in [0.4, 0.5) is 13.9 Å². The van der Waals surface area contributed by atoms with Gasteiger partial charge in [-0.15, -0.1) is 10.2 Å². The zero-order valence-corrected chi connectivity index (χ0v) is 22.8. The highest BCUT2D eigenvalue weighted by Crippen LogP contribution is 2.44. The van der Waals surface area contributed by atoms with Gasteiger partial charge in [-0.3, -0.25) is 14.5 Å². The predicted octanol–water partition coefficient (Wildman–Crippen LogP) is 6.52. The lowest BCUT2D eigenvalue weighted by atomic mass is 9.95. The van der Waals surface area contributed by atoms with E-state index in [0.717, 1.165) is 35.5 Å². The van der Waals surface area contributed by atoms with E-state index in [1.54, 1.807) is 36.4 Å². The third kappa shape index (κ3) is 5.75. The summed E-state index contributed by atoms with van der Waals surface area (Å²) < 4.78 is 33.0. The maximum absolute atomic E-state index is 13.5. The summed E-state index contributed by atoms with van der Waals surface area (Å²) in [6.45, 7) is 2.52. The molecule has 4 aromatic rings.